The summed E-state index contributed by atoms with van der Waals surface area (Å²) in [4.78, 5) is 0. The molecule has 1 aromatic heterocycles. The molecule has 1 heterocycles. The molecule has 0 amide bonds. The number of hydrogen-bond donors (Lipinski definition) is 1. The fourth-order valence-electron chi connectivity index (χ4n) is 1.89. The van der Waals surface area contributed by atoms with Crippen LogP contribution in [0.3, 0.4) is 0 Å². The Morgan fingerprint density at radius 2 is 1.95 bits per heavy atom. The summed E-state index contributed by atoms with van der Waals surface area (Å²) in [6, 6.07) is 8.10. The minimum Gasteiger partial charge on any atom is -0.491 e. The second-order valence-electron chi connectivity index (χ2n) is 4.83. The van der Waals surface area contributed by atoms with E-state index in [1.165, 1.54) is 0 Å². The molecule has 0 saturated carbocycles. The summed E-state index contributed by atoms with van der Waals surface area (Å²) in [6.07, 6.45) is 5.08. The normalized spacial score (nSPS) is 10.9. The second kappa shape index (κ2) is 6.38. The van der Waals surface area contributed by atoms with Crippen LogP contribution in [0.5, 0.6) is 5.75 Å². The first kappa shape index (κ1) is 13.6. The van der Waals surface area contributed by atoms with Crippen molar-refractivity contribution in [2.24, 2.45) is 5.73 Å². The van der Waals surface area contributed by atoms with E-state index < -0.39 is 0 Å². The number of benzene rings is 1. The van der Waals surface area contributed by atoms with Crippen LogP contribution in [-0.4, -0.2) is 22.4 Å². The number of ether oxygens (including phenoxy) is 1. The molecule has 102 valence electrons. The Kier molecular flexibility index (Phi) is 4.58. The molecule has 0 radical (unpaired) electrons. The second-order valence-corrected chi connectivity index (χ2v) is 4.83. The smallest absolute Gasteiger partial charge is 0.119 e. The Labute approximate surface area is 114 Å². The highest BCUT2D eigenvalue weighted by Gasteiger charge is 2.03. The highest BCUT2D eigenvalue weighted by molar-refractivity contribution is 5.62. The van der Waals surface area contributed by atoms with Gasteiger partial charge in [-0.1, -0.05) is 12.1 Å². The van der Waals surface area contributed by atoms with Crippen LogP contribution in [0.1, 0.15) is 20.3 Å². The van der Waals surface area contributed by atoms with E-state index in [4.69, 9.17) is 10.5 Å². The van der Waals surface area contributed by atoms with Gasteiger partial charge in [0.2, 0.25) is 0 Å². The lowest BCUT2D eigenvalue weighted by Crippen LogP contribution is -2.05. The molecule has 4 heteroatoms. The van der Waals surface area contributed by atoms with Crippen molar-refractivity contribution < 1.29 is 4.74 Å². The van der Waals surface area contributed by atoms with Crippen molar-refractivity contribution in [3.63, 3.8) is 0 Å². The molecule has 0 spiro atoms. The summed E-state index contributed by atoms with van der Waals surface area (Å²) in [6.45, 7) is 5.60. The molecule has 0 unspecified atom stereocenters. The third-order valence-corrected chi connectivity index (χ3v) is 2.78. The van der Waals surface area contributed by atoms with Crippen LogP contribution in [-0.2, 0) is 6.54 Å². The van der Waals surface area contributed by atoms with E-state index in [0.717, 1.165) is 29.8 Å². The molecular formula is C15H21N3O. The van der Waals surface area contributed by atoms with Gasteiger partial charge in [-0.15, -0.1) is 0 Å². The molecule has 19 heavy (non-hydrogen) atoms. The molecule has 2 N–H and O–H groups in total. The summed E-state index contributed by atoms with van der Waals surface area (Å²) >= 11 is 0. The monoisotopic (exact) mass is 259 g/mol. The van der Waals surface area contributed by atoms with Gasteiger partial charge in [0.1, 0.15) is 5.75 Å². The fourth-order valence-corrected chi connectivity index (χ4v) is 1.89. The first-order valence-electron chi connectivity index (χ1n) is 6.68. The first-order chi connectivity index (χ1) is 9.19. The summed E-state index contributed by atoms with van der Waals surface area (Å²) in [7, 11) is 0. The third kappa shape index (κ3) is 3.83. The number of rotatable bonds is 6. The maximum absolute atomic E-state index is 5.63. The van der Waals surface area contributed by atoms with E-state index in [9.17, 15) is 0 Å². The van der Waals surface area contributed by atoms with Gasteiger partial charge in [0, 0.05) is 18.3 Å². The van der Waals surface area contributed by atoms with Gasteiger partial charge in [-0.05, 0) is 44.5 Å². The largest absolute Gasteiger partial charge is 0.491 e. The summed E-state index contributed by atoms with van der Waals surface area (Å²) in [5.41, 5.74) is 7.76. The number of aryl methyl sites for hydroxylation is 1. The zero-order valence-corrected chi connectivity index (χ0v) is 11.5. The minimum atomic E-state index is 0.199. The molecule has 0 saturated heterocycles. The molecule has 2 aromatic rings. The predicted octanol–water partition coefficient (Wildman–Crippen LogP) is 2.69. The van der Waals surface area contributed by atoms with Gasteiger partial charge in [0.15, 0.2) is 0 Å². The van der Waals surface area contributed by atoms with Crippen molar-refractivity contribution in [2.45, 2.75) is 32.9 Å². The van der Waals surface area contributed by atoms with Crippen molar-refractivity contribution >= 4 is 0 Å². The molecule has 0 bridgehead atoms. The summed E-state index contributed by atoms with van der Waals surface area (Å²) in [5.74, 6) is 0.897. The Morgan fingerprint density at radius 1 is 1.21 bits per heavy atom. The van der Waals surface area contributed by atoms with Gasteiger partial charge >= 0.3 is 0 Å². The Morgan fingerprint density at radius 3 is 2.58 bits per heavy atom. The van der Waals surface area contributed by atoms with Gasteiger partial charge in [-0.3, -0.25) is 4.68 Å². The van der Waals surface area contributed by atoms with Crippen LogP contribution in [0.2, 0.25) is 0 Å². The molecular weight excluding hydrogens is 238 g/mol. The van der Waals surface area contributed by atoms with Gasteiger partial charge in [-0.25, -0.2) is 0 Å². The molecule has 2 rings (SSSR count). The van der Waals surface area contributed by atoms with Crippen LogP contribution in [0.25, 0.3) is 11.1 Å². The van der Waals surface area contributed by atoms with Crippen molar-refractivity contribution in [3.8, 4) is 16.9 Å². The lowest BCUT2D eigenvalue weighted by atomic mass is 10.1. The van der Waals surface area contributed by atoms with Crippen molar-refractivity contribution in [3.05, 3.63) is 36.7 Å². The molecule has 1 aromatic carbocycles. The van der Waals surface area contributed by atoms with E-state index >= 15 is 0 Å². The minimum absolute atomic E-state index is 0.199. The van der Waals surface area contributed by atoms with Crippen molar-refractivity contribution in [1.29, 1.82) is 0 Å². The van der Waals surface area contributed by atoms with Gasteiger partial charge in [-0.2, -0.15) is 5.10 Å². The average molecular weight is 259 g/mol. The molecule has 0 aliphatic heterocycles. The predicted molar refractivity (Wildman–Crippen MR) is 77.1 cm³/mol. The van der Waals surface area contributed by atoms with Crippen LogP contribution in [0.4, 0.5) is 0 Å². The van der Waals surface area contributed by atoms with Gasteiger partial charge in [0.25, 0.3) is 0 Å². The number of nitrogens with two attached hydrogens (primary N) is 1. The van der Waals surface area contributed by atoms with Crippen LogP contribution in [0.15, 0.2) is 36.7 Å². The van der Waals surface area contributed by atoms with Crippen LogP contribution in [0, 0.1) is 0 Å². The van der Waals surface area contributed by atoms with E-state index in [1.807, 2.05) is 43.1 Å². The molecule has 4 nitrogen and oxygen atoms in total. The summed E-state index contributed by atoms with van der Waals surface area (Å²) < 4.78 is 7.56. The standard InChI is InChI=1S/C15H21N3O/c1-12(2)19-15-6-4-13(5-7-15)14-10-17-18(11-14)9-3-8-16/h4-7,10-12H,3,8-9,16H2,1-2H3. The van der Waals surface area contributed by atoms with Gasteiger partial charge < -0.3 is 10.5 Å². The lowest BCUT2D eigenvalue weighted by molar-refractivity contribution is 0.242. The first-order valence-corrected chi connectivity index (χ1v) is 6.68. The van der Waals surface area contributed by atoms with E-state index in [0.29, 0.717) is 6.54 Å². The summed E-state index contributed by atoms with van der Waals surface area (Å²) in [5, 5.41) is 4.33. The number of nitrogens with zero attached hydrogens (tertiary/aromatic N) is 2. The fraction of sp³-hybridized carbons (Fsp3) is 0.400. The molecule has 0 atom stereocenters. The molecule has 0 aliphatic carbocycles. The van der Waals surface area contributed by atoms with Gasteiger partial charge in [0.05, 0.1) is 12.3 Å². The molecule has 0 fully saturated rings. The van der Waals surface area contributed by atoms with Crippen molar-refractivity contribution in [2.75, 3.05) is 6.54 Å². The maximum Gasteiger partial charge on any atom is 0.119 e. The lowest BCUT2D eigenvalue weighted by Gasteiger charge is -2.09. The van der Waals surface area contributed by atoms with E-state index in [2.05, 4.69) is 17.2 Å². The highest BCUT2D eigenvalue weighted by Crippen LogP contribution is 2.22. The Bertz CT molecular complexity index is 502. The van der Waals surface area contributed by atoms with Crippen molar-refractivity contribution in [1.82, 2.24) is 9.78 Å². The van der Waals surface area contributed by atoms with E-state index in [1.54, 1.807) is 0 Å². The average Bonchev–Trinajstić information content (AvgIpc) is 2.85. The Hall–Kier alpha value is -1.81. The maximum atomic E-state index is 5.63. The van der Waals surface area contributed by atoms with Crippen LogP contribution >= 0.6 is 0 Å². The quantitative estimate of drug-likeness (QED) is 0.867. The molecule has 0 aliphatic rings. The number of hydrogen-bond acceptors (Lipinski definition) is 3. The van der Waals surface area contributed by atoms with E-state index in [-0.39, 0.29) is 6.10 Å². The SMILES string of the molecule is CC(C)Oc1ccc(-c2cnn(CCCN)c2)cc1. The third-order valence-electron chi connectivity index (χ3n) is 2.78. The highest BCUT2D eigenvalue weighted by atomic mass is 16.5. The van der Waals surface area contributed by atoms with Crippen LogP contribution < -0.4 is 10.5 Å². The number of aromatic nitrogens is 2. The topological polar surface area (TPSA) is 53.1 Å². The zero-order valence-electron chi connectivity index (χ0n) is 11.5. The zero-order chi connectivity index (χ0) is 13.7. The Balaban J connectivity index is 2.07.